The van der Waals surface area contributed by atoms with Gasteiger partial charge in [0.25, 0.3) is 0 Å². The molecule has 5 nitrogen and oxygen atoms in total. The summed E-state index contributed by atoms with van der Waals surface area (Å²) >= 11 is 9.51. The van der Waals surface area contributed by atoms with Crippen molar-refractivity contribution in [2.45, 2.75) is 25.9 Å². The van der Waals surface area contributed by atoms with Gasteiger partial charge in [0.05, 0.1) is 30.6 Å². The number of methoxy groups -OCH3 is 1. The van der Waals surface area contributed by atoms with Crippen LogP contribution in [0, 0.1) is 13.8 Å². The minimum atomic E-state index is -0.116. The Balaban J connectivity index is 1.71. The highest BCUT2D eigenvalue weighted by Gasteiger charge is 2.43. The Labute approximate surface area is 213 Å². The molecule has 0 aliphatic carbocycles. The average Bonchev–Trinajstić information content (AvgIpc) is 3.34. The van der Waals surface area contributed by atoms with E-state index in [1.54, 1.807) is 7.11 Å². The number of ether oxygens (including phenoxy) is 1. The minimum Gasteiger partial charge on any atom is -0.495 e. The van der Waals surface area contributed by atoms with Crippen molar-refractivity contribution < 1.29 is 4.74 Å². The number of benzene rings is 2. The molecule has 2 aromatic carbocycles. The maximum atomic E-state index is 5.90. The second kappa shape index (κ2) is 9.24. The van der Waals surface area contributed by atoms with E-state index in [9.17, 15) is 0 Å². The number of aryl methyl sites for hydroxylation is 1. The van der Waals surface area contributed by atoms with Gasteiger partial charge in [0.15, 0.2) is 5.11 Å². The lowest BCUT2D eigenvalue weighted by Crippen LogP contribution is -2.30. The van der Waals surface area contributed by atoms with Gasteiger partial charge < -0.3 is 19.5 Å². The SMILES string of the molecule is COc1ccccc1N1C(=S)N[C@H](c2ccccn2)[C@@H]1c1cc(C)n(-c2cccc(Br)c2)c1C. The van der Waals surface area contributed by atoms with Crippen LogP contribution in [0.5, 0.6) is 5.75 Å². The molecular weight excluding hydrogens is 508 g/mol. The van der Waals surface area contributed by atoms with E-state index >= 15 is 0 Å². The Bertz CT molecular complexity index is 1350. The van der Waals surface area contributed by atoms with Crippen molar-refractivity contribution in [2.75, 3.05) is 12.0 Å². The zero-order valence-electron chi connectivity index (χ0n) is 19.2. The molecule has 3 heterocycles. The molecule has 0 unspecified atom stereocenters. The second-order valence-corrected chi connectivity index (χ2v) is 9.61. The van der Waals surface area contributed by atoms with Crippen LogP contribution in [-0.4, -0.2) is 21.8 Å². The van der Waals surface area contributed by atoms with Crippen molar-refractivity contribution in [3.63, 3.8) is 0 Å². The average molecular weight is 533 g/mol. The van der Waals surface area contributed by atoms with Gasteiger partial charge in [-0.1, -0.05) is 40.2 Å². The van der Waals surface area contributed by atoms with Crippen LogP contribution < -0.4 is 15.0 Å². The summed E-state index contributed by atoms with van der Waals surface area (Å²) in [5, 5.41) is 4.20. The molecule has 7 heteroatoms. The second-order valence-electron chi connectivity index (χ2n) is 8.31. The lowest BCUT2D eigenvalue weighted by Gasteiger charge is -2.29. The summed E-state index contributed by atoms with van der Waals surface area (Å²) < 4.78 is 9.05. The Morgan fingerprint density at radius 3 is 2.53 bits per heavy atom. The molecule has 4 aromatic rings. The Hall–Kier alpha value is -3.16. The molecule has 0 bridgehead atoms. The summed E-state index contributed by atoms with van der Waals surface area (Å²) in [5.41, 5.74) is 6.49. The van der Waals surface area contributed by atoms with Crippen molar-refractivity contribution >= 4 is 38.9 Å². The molecule has 1 N–H and O–H groups in total. The number of thiocarbonyl (C=S) groups is 1. The maximum Gasteiger partial charge on any atom is 0.174 e. The minimum absolute atomic E-state index is 0.106. The molecule has 0 spiro atoms. The summed E-state index contributed by atoms with van der Waals surface area (Å²) in [6.07, 6.45) is 1.83. The smallest absolute Gasteiger partial charge is 0.174 e. The summed E-state index contributed by atoms with van der Waals surface area (Å²) in [7, 11) is 1.69. The first-order valence-corrected chi connectivity index (χ1v) is 12.3. The van der Waals surface area contributed by atoms with Crippen molar-refractivity contribution in [1.82, 2.24) is 14.9 Å². The fourth-order valence-electron chi connectivity index (χ4n) is 4.86. The van der Waals surface area contributed by atoms with Gasteiger partial charge in [-0.25, -0.2) is 0 Å². The molecule has 0 saturated carbocycles. The summed E-state index contributed by atoms with van der Waals surface area (Å²) in [6.45, 7) is 4.31. The van der Waals surface area contributed by atoms with Crippen LogP contribution >= 0.6 is 28.1 Å². The van der Waals surface area contributed by atoms with E-state index in [1.807, 2.05) is 54.7 Å². The topological polar surface area (TPSA) is 42.3 Å². The molecule has 34 heavy (non-hydrogen) atoms. The predicted molar refractivity (Wildman–Crippen MR) is 144 cm³/mol. The number of rotatable bonds is 5. The van der Waals surface area contributed by atoms with Crippen molar-refractivity contribution in [2.24, 2.45) is 0 Å². The normalized spacial score (nSPS) is 17.6. The summed E-state index contributed by atoms with van der Waals surface area (Å²) in [4.78, 5) is 6.84. The van der Waals surface area contributed by atoms with Crippen LogP contribution in [0.1, 0.15) is 34.7 Å². The van der Waals surface area contributed by atoms with Crippen molar-refractivity contribution in [3.05, 3.63) is 106 Å². The highest BCUT2D eigenvalue weighted by atomic mass is 79.9. The van der Waals surface area contributed by atoms with Gasteiger partial charge in [-0.15, -0.1) is 0 Å². The summed E-state index contributed by atoms with van der Waals surface area (Å²) in [6, 6.07) is 24.4. The van der Waals surface area contributed by atoms with Gasteiger partial charge in [-0.2, -0.15) is 0 Å². The lowest BCUT2D eigenvalue weighted by molar-refractivity contribution is 0.414. The van der Waals surface area contributed by atoms with Gasteiger partial charge in [0.2, 0.25) is 0 Å². The molecule has 172 valence electrons. The number of aromatic nitrogens is 2. The molecule has 2 aromatic heterocycles. The third-order valence-electron chi connectivity index (χ3n) is 6.30. The van der Waals surface area contributed by atoms with Crippen LogP contribution in [0.4, 0.5) is 5.69 Å². The van der Waals surface area contributed by atoms with Crippen LogP contribution in [0.15, 0.2) is 83.5 Å². The molecule has 0 amide bonds. The Morgan fingerprint density at radius 1 is 1.00 bits per heavy atom. The van der Waals surface area contributed by atoms with Gasteiger partial charge in [-0.3, -0.25) is 4.98 Å². The molecule has 1 aliphatic heterocycles. The first-order chi connectivity index (χ1) is 16.5. The van der Waals surface area contributed by atoms with Gasteiger partial charge in [-0.05, 0) is 80.2 Å². The van der Waals surface area contributed by atoms with E-state index in [0.717, 1.165) is 38.7 Å². The molecule has 5 rings (SSSR count). The molecule has 2 atom stereocenters. The van der Waals surface area contributed by atoms with Crippen LogP contribution in [-0.2, 0) is 0 Å². The number of anilines is 1. The number of hydrogen-bond donors (Lipinski definition) is 1. The van der Waals surface area contributed by atoms with E-state index < -0.39 is 0 Å². The number of hydrogen-bond acceptors (Lipinski definition) is 3. The maximum absolute atomic E-state index is 5.90. The standard InChI is InChI=1S/C27H25BrN4OS/c1-17-15-21(18(2)31(17)20-10-8-9-19(28)16-20)26-25(22-11-6-7-14-29-22)30-27(34)32(26)23-12-4-5-13-24(23)33-3/h4-16,25-26H,1-3H3,(H,30,34)/t25-,26+/m1/s1. The molecule has 1 fully saturated rings. The van der Waals surface area contributed by atoms with E-state index in [1.165, 1.54) is 5.56 Å². The van der Waals surface area contributed by atoms with E-state index in [2.05, 4.69) is 73.8 Å². The fraction of sp³-hybridized carbons (Fsp3) is 0.185. The third kappa shape index (κ3) is 3.89. The molecular formula is C27H25BrN4OS. The number of nitrogens with zero attached hydrogens (tertiary/aromatic N) is 3. The third-order valence-corrected chi connectivity index (χ3v) is 7.11. The monoisotopic (exact) mass is 532 g/mol. The predicted octanol–water partition coefficient (Wildman–Crippen LogP) is 6.44. The highest BCUT2D eigenvalue weighted by Crippen LogP contribution is 2.46. The molecule has 1 saturated heterocycles. The fourth-order valence-corrected chi connectivity index (χ4v) is 5.58. The molecule has 1 aliphatic rings. The quantitative estimate of drug-likeness (QED) is 0.299. The summed E-state index contributed by atoms with van der Waals surface area (Å²) in [5.74, 6) is 0.777. The van der Waals surface area contributed by atoms with Crippen LogP contribution in [0.25, 0.3) is 5.69 Å². The Kier molecular flexibility index (Phi) is 6.15. The number of halogens is 1. The van der Waals surface area contributed by atoms with Gasteiger partial charge >= 0.3 is 0 Å². The van der Waals surface area contributed by atoms with Gasteiger partial charge in [0, 0.05) is 27.7 Å². The number of pyridine rings is 1. The lowest BCUT2D eigenvalue weighted by atomic mass is 9.96. The number of para-hydroxylation sites is 2. The van der Waals surface area contributed by atoms with Crippen molar-refractivity contribution in [3.8, 4) is 11.4 Å². The Morgan fingerprint density at radius 2 is 1.79 bits per heavy atom. The van der Waals surface area contributed by atoms with E-state index in [0.29, 0.717) is 5.11 Å². The first kappa shape index (κ1) is 22.6. The largest absolute Gasteiger partial charge is 0.495 e. The zero-order valence-corrected chi connectivity index (χ0v) is 21.6. The van der Waals surface area contributed by atoms with Crippen LogP contribution in [0.3, 0.4) is 0 Å². The first-order valence-electron chi connectivity index (χ1n) is 11.1. The van der Waals surface area contributed by atoms with Crippen LogP contribution in [0.2, 0.25) is 0 Å². The molecule has 0 radical (unpaired) electrons. The zero-order chi connectivity index (χ0) is 23.8. The van der Waals surface area contributed by atoms with E-state index in [4.69, 9.17) is 17.0 Å². The number of nitrogens with one attached hydrogen (secondary N) is 1. The van der Waals surface area contributed by atoms with Crippen molar-refractivity contribution in [1.29, 1.82) is 0 Å². The van der Waals surface area contributed by atoms with Gasteiger partial charge in [0.1, 0.15) is 5.75 Å². The highest BCUT2D eigenvalue weighted by molar-refractivity contribution is 9.10. The van der Waals surface area contributed by atoms with E-state index in [-0.39, 0.29) is 12.1 Å².